The highest BCUT2D eigenvalue weighted by Crippen LogP contribution is 2.31. The smallest absolute Gasteiger partial charge is 0.338 e. The zero-order chi connectivity index (χ0) is 13.2. The standard InChI is InChI=1S/C15H16BrNO2.ClH/c16-14-11(2-1-10-5-7-17-8-6-10)3-4-12-13(14)9-19-15(12)18;/h1-4,10,17H,5-9H2;1H. The van der Waals surface area contributed by atoms with Gasteiger partial charge in [-0.1, -0.05) is 18.2 Å². The Morgan fingerprint density at radius 1 is 1.30 bits per heavy atom. The summed E-state index contributed by atoms with van der Waals surface area (Å²) in [6, 6.07) is 3.84. The van der Waals surface area contributed by atoms with Gasteiger partial charge in [0.1, 0.15) is 6.61 Å². The van der Waals surface area contributed by atoms with Gasteiger partial charge in [-0.3, -0.25) is 0 Å². The molecule has 0 radical (unpaired) electrons. The van der Waals surface area contributed by atoms with E-state index in [0.717, 1.165) is 28.7 Å². The number of hydrogen-bond donors (Lipinski definition) is 1. The molecule has 0 spiro atoms. The Kier molecular flexibility index (Phi) is 5.24. The van der Waals surface area contributed by atoms with E-state index in [0.29, 0.717) is 18.1 Å². The van der Waals surface area contributed by atoms with Crippen molar-refractivity contribution in [1.29, 1.82) is 0 Å². The van der Waals surface area contributed by atoms with Gasteiger partial charge in [0.05, 0.1) is 5.56 Å². The van der Waals surface area contributed by atoms with Crippen molar-refractivity contribution in [2.45, 2.75) is 19.4 Å². The number of allylic oxidation sites excluding steroid dienone is 1. The number of piperidine rings is 1. The topological polar surface area (TPSA) is 38.3 Å². The number of carbonyl (C=O) groups is 1. The summed E-state index contributed by atoms with van der Waals surface area (Å²) in [7, 11) is 0. The molecule has 2 aliphatic rings. The number of fused-ring (bicyclic) bond motifs is 1. The molecule has 1 aromatic carbocycles. The first kappa shape index (κ1) is 15.5. The molecule has 0 bridgehead atoms. The van der Waals surface area contributed by atoms with E-state index in [2.05, 4.69) is 33.4 Å². The predicted octanol–water partition coefficient (Wildman–Crippen LogP) is 3.55. The molecule has 3 nitrogen and oxygen atoms in total. The van der Waals surface area contributed by atoms with E-state index in [1.165, 1.54) is 12.8 Å². The van der Waals surface area contributed by atoms with Crippen LogP contribution in [0.1, 0.15) is 34.3 Å². The van der Waals surface area contributed by atoms with E-state index in [-0.39, 0.29) is 18.4 Å². The van der Waals surface area contributed by atoms with Gasteiger partial charge in [0.25, 0.3) is 0 Å². The number of esters is 1. The Labute approximate surface area is 133 Å². The molecule has 2 aliphatic heterocycles. The molecule has 0 atom stereocenters. The largest absolute Gasteiger partial charge is 0.457 e. The summed E-state index contributed by atoms with van der Waals surface area (Å²) in [5.74, 6) is 0.434. The van der Waals surface area contributed by atoms with Crippen molar-refractivity contribution >= 4 is 40.4 Å². The fourth-order valence-corrected chi connectivity index (χ4v) is 3.18. The first-order valence-electron chi connectivity index (χ1n) is 6.63. The lowest BCUT2D eigenvalue weighted by Gasteiger charge is -2.19. The van der Waals surface area contributed by atoms with Gasteiger partial charge in [-0.15, -0.1) is 12.4 Å². The van der Waals surface area contributed by atoms with Crippen LogP contribution in [0.15, 0.2) is 22.7 Å². The highest BCUT2D eigenvalue weighted by atomic mass is 79.9. The van der Waals surface area contributed by atoms with Gasteiger partial charge in [0, 0.05) is 10.0 Å². The molecule has 0 unspecified atom stereocenters. The summed E-state index contributed by atoms with van der Waals surface area (Å²) in [6.07, 6.45) is 6.83. The molecule has 5 heteroatoms. The Morgan fingerprint density at radius 2 is 2.05 bits per heavy atom. The lowest BCUT2D eigenvalue weighted by Crippen LogP contribution is -2.26. The number of nitrogens with one attached hydrogen (secondary N) is 1. The van der Waals surface area contributed by atoms with Crippen molar-refractivity contribution in [1.82, 2.24) is 5.32 Å². The summed E-state index contributed by atoms with van der Waals surface area (Å²) >= 11 is 3.59. The van der Waals surface area contributed by atoms with Crippen LogP contribution in [0.5, 0.6) is 0 Å². The number of rotatable bonds is 2. The first-order valence-corrected chi connectivity index (χ1v) is 7.42. The summed E-state index contributed by atoms with van der Waals surface area (Å²) in [5, 5.41) is 3.37. The van der Waals surface area contributed by atoms with Crippen LogP contribution in [0.25, 0.3) is 6.08 Å². The minimum absolute atomic E-state index is 0. The molecular formula is C15H17BrClNO2. The van der Waals surface area contributed by atoms with E-state index >= 15 is 0 Å². The second-order valence-electron chi connectivity index (χ2n) is 5.02. The fraction of sp³-hybridized carbons (Fsp3) is 0.400. The lowest BCUT2D eigenvalue weighted by atomic mass is 9.96. The van der Waals surface area contributed by atoms with E-state index in [9.17, 15) is 4.79 Å². The third kappa shape index (κ3) is 3.08. The molecule has 2 heterocycles. The maximum absolute atomic E-state index is 11.5. The molecule has 0 amide bonds. The predicted molar refractivity (Wildman–Crippen MR) is 85.1 cm³/mol. The molecule has 1 N–H and O–H groups in total. The number of halogens is 2. The highest BCUT2D eigenvalue weighted by molar-refractivity contribution is 9.10. The van der Waals surface area contributed by atoms with E-state index in [1.54, 1.807) is 0 Å². The van der Waals surface area contributed by atoms with Gasteiger partial charge in [-0.25, -0.2) is 4.79 Å². The summed E-state index contributed by atoms with van der Waals surface area (Å²) in [6.45, 7) is 2.58. The average Bonchev–Trinajstić information content (AvgIpc) is 2.82. The second-order valence-corrected chi connectivity index (χ2v) is 5.81. The van der Waals surface area contributed by atoms with Crippen LogP contribution in [0.4, 0.5) is 0 Å². The van der Waals surface area contributed by atoms with Crippen molar-refractivity contribution in [3.8, 4) is 0 Å². The van der Waals surface area contributed by atoms with Crippen LogP contribution in [-0.2, 0) is 11.3 Å². The number of hydrogen-bond acceptors (Lipinski definition) is 3. The Bertz CT molecular complexity index is 539. The number of benzene rings is 1. The minimum atomic E-state index is -0.218. The third-order valence-electron chi connectivity index (χ3n) is 3.77. The second kappa shape index (κ2) is 6.74. The average molecular weight is 359 g/mol. The van der Waals surface area contributed by atoms with Crippen LogP contribution in [0.2, 0.25) is 0 Å². The number of ether oxygens (including phenoxy) is 1. The quantitative estimate of drug-likeness (QED) is 0.822. The van der Waals surface area contributed by atoms with Crippen LogP contribution < -0.4 is 5.32 Å². The van der Waals surface area contributed by atoms with Crippen LogP contribution >= 0.6 is 28.3 Å². The maximum Gasteiger partial charge on any atom is 0.338 e. The Balaban J connectivity index is 0.00000147. The number of carbonyl (C=O) groups excluding carboxylic acids is 1. The Hall–Kier alpha value is -0.840. The van der Waals surface area contributed by atoms with E-state index in [4.69, 9.17) is 4.74 Å². The minimum Gasteiger partial charge on any atom is -0.457 e. The molecule has 1 saturated heterocycles. The van der Waals surface area contributed by atoms with Gasteiger partial charge in [0.2, 0.25) is 0 Å². The summed E-state index contributed by atoms with van der Waals surface area (Å²) in [4.78, 5) is 11.5. The van der Waals surface area contributed by atoms with E-state index < -0.39 is 0 Å². The van der Waals surface area contributed by atoms with Gasteiger partial charge in [-0.05, 0) is 59.4 Å². The van der Waals surface area contributed by atoms with Crippen LogP contribution in [-0.4, -0.2) is 19.1 Å². The fourth-order valence-electron chi connectivity index (χ4n) is 2.59. The van der Waals surface area contributed by atoms with Crippen LogP contribution in [0.3, 0.4) is 0 Å². The lowest BCUT2D eigenvalue weighted by molar-refractivity contribution is 0.0535. The molecule has 20 heavy (non-hydrogen) atoms. The normalized spacial score (nSPS) is 18.8. The van der Waals surface area contributed by atoms with Crippen molar-refractivity contribution in [2.75, 3.05) is 13.1 Å². The van der Waals surface area contributed by atoms with Crippen LogP contribution in [0, 0.1) is 5.92 Å². The molecule has 0 saturated carbocycles. The molecule has 0 aliphatic carbocycles. The van der Waals surface area contributed by atoms with Gasteiger partial charge in [0.15, 0.2) is 0 Å². The monoisotopic (exact) mass is 357 g/mol. The van der Waals surface area contributed by atoms with Gasteiger partial charge < -0.3 is 10.1 Å². The molecule has 1 fully saturated rings. The van der Waals surface area contributed by atoms with E-state index in [1.807, 2.05) is 12.1 Å². The van der Waals surface area contributed by atoms with Crippen molar-refractivity contribution in [2.24, 2.45) is 5.92 Å². The highest BCUT2D eigenvalue weighted by Gasteiger charge is 2.24. The molecule has 3 rings (SSSR count). The summed E-state index contributed by atoms with van der Waals surface area (Å²) < 4.78 is 6.04. The zero-order valence-corrected chi connectivity index (χ0v) is 13.4. The molecule has 108 valence electrons. The zero-order valence-electron chi connectivity index (χ0n) is 11.0. The SMILES string of the molecule is Cl.O=C1OCc2c1ccc(C=CC1CCNCC1)c2Br. The first-order chi connectivity index (χ1) is 9.25. The maximum atomic E-state index is 11.5. The van der Waals surface area contributed by atoms with Crippen molar-refractivity contribution < 1.29 is 9.53 Å². The number of cyclic esters (lactones) is 1. The summed E-state index contributed by atoms with van der Waals surface area (Å²) in [5.41, 5.74) is 2.78. The van der Waals surface area contributed by atoms with Crippen molar-refractivity contribution in [3.05, 3.63) is 39.4 Å². The third-order valence-corrected chi connectivity index (χ3v) is 4.71. The van der Waals surface area contributed by atoms with Crippen molar-refractivity contribution in [3.63, 3.8) is 0 Å². The molecular weight excluding hydrogens is 342 g/mol. The molecule has 0 aromatic heterocycles. The molecule has 1 aromatic rings. The van der Waals surface area contributed by atoms with Gasteiger partial charge >= 0.3 is 5.97 Å². The van der Waals surface area contributed by atoms with Gasteiger partial charge in [-0.2, -0.15) is 0 Å². The Morgan fingerprint density at radius 3 is 2.80 bits per heavy atom.